The maximum atomic E-state index is 10.3. The third-order valence-corrected chi connectivity index (χ3v) is 11.1. The standard InChI is InChI=1S/C50H29N5/c51-30-32-17-25-42-40-11-3-8-16-47(40)55(50(42)27-32)49-28-34(18-19-35(49)31-52)33-20-22-36(23-21-33)53-46-15-7-4-12-41(46)43-29-37(24-26-48(43)53)54-44-13-5-1-9-38(44)39-10-2-6-14-45(39)54/h1-29H. The number of nitrogens with zero attached hydrogens (tertiary/aromatic N) is 5. The van der Waals surface area contributed by atoms with Gasteiger partial charge in [0.2, 0.25) is 0 Å². The molecule has 5 heteroatoms. The normalized spacial score (nSPS) is 11.6. The molecule has 8 aromatic carbocycles. The molecule has 0 radical (unpaired) electrons. The van der Waals surface area contributed by atoms with Crippen LogP contribution in [0, 0.1) is 22.7 Å². The van der Waals surface area contributed by atoms with Crippen molar-refractivity contribution in [2.24, 2.45) is 0 Å². The molecule has 0 aliphatic carbocycles. The minimum Gasteiger partial charge on any atom is -0.309 e. The van der Waals surface area contributed by atoms with E-state index in [2.05, 4.69) is 159 Å². The Kier molecular flexibility index (Phi) is 6.61. The van der Waals surface area contributed by atoms with E-state index in [9.17, 15) is 10.5 Å². The number of benzene rings is 8. The van der Waals surface area contributed by atoms with Crippen LogP contribution in [-0.2, 0) is 0 Å². The monoisotopic (exact) mass is 699 g/mol. The molecular formula is C50H29N5. The Balaban J connectivity index is 1.04. The van der Waals surface area contributed by atoms with Gasteiger partial charge < -0.3 is 13.7 Å². The van der Waals surface area contributed by atoms with E-state index in [1.807, 2.05) is 42.5 Å². The molecule has 0 aliphatic rings. The molecule has 3 aromatic heterocycles. The Morgan fingerprint density at radius 2 is 0.818 bits per heavy atom. The largest absolute Gasteiger partial charge is 0.309 e. The van der Waals surface area contributed by atoms with Gasteiger partial charge in [-0.25, -0.2) is 0 Å². The smallest absolute Gasteiger partial charge is 0.101 e. The molecule has 0 aliphatic heterocycles. The molecule has 0 bridgehead atoms. The van der Waals surface area contributed by atoms with Crippen molar-refractivity contribution in [2.75, 3.05) is 0 Å². The Hall–Kier alpha value is -7.86. The van der Waals surface area contributed by atoms with E-state index < -0.39 is 0 Å². The third-order valence-electron chi connectivity index (χ3n) is 11.1. The number of fused-ring (bicyclic) bond motifs is 9. The summed E-state index contributed by atoms with van der Waals surface area (Å²) in [4.78, 5) is 0. The molecule has 0 saturated heterocycles. The van der Waals surface area contributed by atoms with Crippen LogP contribution in [0.5, 0.6) is 0 Å². The molecule has 11 aromatic rings. The van der Waals surface area contributed by atoms with Gasteiger partial charge in [0.05, 0.1) is 56.0 Å². The second-order valence-electron chi connectivity index (χ2n) is 14.0. The molecule has 5 nitrogen and oxygen atoms in total. The van der Waals surface area contributed by atoms with Crippen LogP contribution < -0.4 is 0 Å². The summed E-state index contributed by atoms with van der Waals surface area (Å²) in [6.45, 7) is 0. The molecular weight excluding hydrogens is 671 g/mol. The highest BCUT2D eigenvalue weighted by Crippen LogP contribution is 2.38. The van der Waals surface area contributed by atoms with Gasteiger partial charge in [-0.15, -0.1) is 0 Å². The third kappa shape index (κ3) is 4.51. The molecule has 0 fully saturated rings. The quantitative estimate of drug-likeness (QED) is 0.184. The van der Waals surface area contributed by atoms with E-state index in [0.717, 1.165) is 61.0 Å². The molecule has 254 valence electrons. The van der Waals surface area contributed by atoms with Crippen LogP contribution in [0.15, 0.2) is 176 Å². The number of nitriles is 2. The summed E-state index contributed by atoms with van der Waals surface area (Å²) < 4.78 is 6.84. The Bertz CT molecular complexity index is 3400. The van der Waals surface area contributed by atoms with Crippen molar-refractivity contribution >= 4 is 65.4 Å². The lowest BCUT2D eigenvalue weighted by Gasteiger charge is -2.13. The Morgan fingerprint density at radius 3 is 1.42 bits per heavy atom. The Labute approximate surface area is 316 Å². The second kappa shape index (κ2) is 11.8. The average Bonchev–Trinajstić information content (AvgIpc) is 3.88. The van der Waals surface area contributed by atoms with Crippen LogP contribution in [0.4, 0.5) is 0 Å². The lowest BCUT2D eigenvalue weighted by atomic mass is 10.0. The van der Waals surface area contributed by atoms with Crippen molar-refractivity contribution in [3.8, 4) is 40.3 Å². The number of hydrogen-bond donors (Lipinski definition) is 0. The number of aromatic nitrogens is 3. The van der Waals surface area contributed by atoms with E-state index in [4.69, 9.17) is 0 Å². The first-order valence-electron chi connectivity index (χ1n) is 18.3. The predicted molar refractivity (Wildman–Crippen MR) is 224 cm³/mol. The highest BCUT2D eigenvalue weighted by atomic mass is 15.0. The van der Waals surface area contributed by atoms with Crippen LogP contribution in [0.25, 0.3) is 93.6 Å². The first kappa shape index (κ1) is 30.7. The van der Waals surface area contributed by atoms with Crippen molar-refractivity contribution < 1.29 is 0 Å². The highest BCUT2D eigenvalue weighted by molar-refractivity contribution is 6.13. The molecule has 3 heterocycles. The maximum Gasteiger partial charge on any atom is 0.101 e. The minimum atomic E-state index is 0.566. The zero-order chi connectivity index (χ0) is 36.6. The van der Waals surface area contributed by atoms with E-state index in [1.165, 1.54) is 32.6 Å². The van der Waals surface area contributed by atoms with Crippen molar-refractivity contribution in [3.63, 3.8) is 0 Å². The summed E-state index contributed by atoms with van der Waals surface area (Å²) >= 11 is 0. The van der Waals surface area contributed by atoms with Crippen molar-refractivity contribution in [3.05, 3.63) is 187 Å². The second-order valence-corrected chi connectivity index (χ2v) is 14.0. The van der Waals surface area contributed by atoms with Gasteiger partial charge in [0.1, 0.15) is 6.07 Å². The number of hydrogen-bond acceptors (Lipinski definition) is 2. The topological polar surface area (TPSA) is 62.4 Å². The van der Waals surface area contributed by atoms with Gasteiger partial charge in [0.25, 0.3) is 0 Å². The van der Waals surface area contributed by atoms with Gasteiger partial charge in [0, 0.05) is 43.7 Å². The molecule has 11 rings (SSSR count). The van der Waals surface area contributed by atoms with Gasteiger partial charge >= 0.3 is 0 Å². The summed E-state index contributed by atoms with van der Waals surface area (Å²) in [6, 6.07) is 66.1. The highest BCUT2D eigenvalue weighted by Gasteiger charge is 2.18. The van der Waals surface area contributed by atoms with Crippen LogP contribution in [0.3, 0.4) is 0 Å². The summed E-state index contributed by atoms with van der Waals surface area (Å²) in [7, 11) is 0. The average molecular weight is 700 g/mol. The van der Waals surface area contributed by atoms with E-state index in [1.54, 1.807) is 0 Å². The molecule has 0 atom stereocenters. The minimum absolute atomic E-state index is 0.566. The van der Waals surface area contributed by atoms with Crippen molar-refractivity contribution in [2.45, 2.75) is 0 Å². The molecule has 0 saturated carbocycles. The van der Waals surface area contributed by atoms with Crippen LogP contribution in [-0.4, -0.2) is 13.7 Å². The predicted octanol–water partition coefficient (Wildman–Crippen LogP) is 12.4. The molecule has 0 spiro atoms. The summed E-state index contributed by atoms with van der Waals surface area (Å²) in [5.74, 6) is 0. The van der Waals surface area contributed by atoms with Crippen LogP contribution in [0.1, 0.15) is 11.1 Å². The number of rotatable bonds is 4. The SMILES string of the molecule is N#Cc1ccc2c3ccccc3n(-c3cc(-c4ccc(-n5c6ccccc6c6cc(-n7c8ccccc8c8ccccc87)ccc65)cc4)ccc3C#N)c2c1. The lowest BCUT2D eigenvalue weighted by Crippen LogP contribution is -1.99. The zero-order valence-corrected chi connectivity index (χ0v) is 29.5. The van der Waals surface area contributed by atoms with Crippen molar-refractivity contribution in [1.29, 1.82) is 10.5 Å². The van der Waals surface area contributed by atoms with E-state index in [0.29, 0.717) is 11.1 Å². The van der Waals surface area contributed by atoms with E-state index >= 15 is 0 Å². The van der Waals surface area contributed by atoms with Gasteiger partial charge in [0.15, 0.2) is 0 Å². The zero-order valence-electron chi connectivity index (χ0n) is 29.5. The molecule has 0 unspecified atom stereocenters. The maximum absolute atomic E-state index is 10.3. The van der Waals surface area contributed by atoms with Gasteiger partial charge in [-0.2, -0.15) is 10.5 Å². The summed E-state index contributed by atoms with van der Waals surface area (Å²) in [6.07, 6.45) is 0. The van der Waals surface area contributed by atoms with Crippen LogP contribution in [0.2, 0.25) is 0 Å². The summed E-state index contributed by atoms with van der Waals surface area (Å²) in [5.41, 5.74) is 12.7. The fraction of sp³-hybridized carbons (Fsp3) is 0. The van der Waals surface area contributed by atoms with Gasteiger partial charge in [-0.3, -0.25) is 0 Å². The first-order valence-corrected chi connectivity index (χ1v) is 18.3. The number of para-hydroxylation sites is 4. The van der Waals surface area contributed by atoms with Crippen molar-refractivity contribution in [1.82, 2.24) is 13.7 Å². The molecule has 0 N–H and O–H groups in total. The summed E-state index contributed by atoms with van der Waals surface area (Å²) in [5, 5.41) is 27.0. The first-order chi connectivity index (χ1) is 27.2. The molecule has 0 amide bonds. The Morgan fingerprint density at radius 1 is 0.327 bits per heavy atom. The fourth-order valence-corrected chi connectivity index (χ4v) is 8.67. The lowest BCUT2D eigenvalue weighted by molar-refractivity contribution is 1.16. The molecule has 55 heavy (non-hydrogen) atoms. The fourth-order valence-electron chi connectivity index (χ4n) is 8.67. The van der Waals surface area contributed by atoms with E-state index in [-0.39, 0.29) is 0 Å². The van der Waals surface area contributed by atoms with Gasteiger partial charge in [-0.1, -0.05) is 97.1 Å². The van der Waals surface area contributed by atoms with Crippen LogP contribution >= 0.6 is 0 Å². The van der Waals surface area contributed by atoms with Gasteiger partial charge in [-0.05, 0) is 90.0 Å².